The summed E-state index contributed by atoms with van der Waals surface area (Å²) >= 11 is 1.83. The van der Waals surface area contributed by atoms with Crippen LogP contribution in [0.1, 0.15) is 139 Å². The molecule has 0 atom stereocenters. The number of fused-ring (bicyclic) bond motifs is 8. The molecule has 8 aromatic carbocycles. The van der Waals surface area contributed by atoms with Crippen LogP contribution in [0.15, 0.2) is 176 Å². The van der Waals surface area contributed by atoms with Crippen LogP contribution in [-0.4, -0.2) is 16.2 Å². The van der Waals surface area contributed by atoms with Crippen molar-refractivity contribution in [2.45, 2.75) is 131 Å². The Morgan fingerprint density at radius 3 is 1.73 bits per heavy atom. The average molecular weight is 1070 g/mol. The number of anilines is 4. The van der Waals surface area contributed by atoms with Crippen molar-refractivity contribution in [3.8, 4) is 39.6 Å². The molecule has 6 heteroatoms. The van der Waals surface area contributed by atoms with Crippen LogP contribution in [0, 0.1) is 0 Å². The first-order chi connectivity index (χ1) is 39.9. The zero-order valence-electron chi connectivity index (χ0n) is 54.2. The van der Waals surface area contributed by atoms with Crippen LogP contribution >= 0.6 is 11.3 Å². The van der Waals surface area contributed by atoms with Crippen LogP contribution in [0.2, 0.25) is 0 Å². The second-order valence-corrected chi connectivity index (χ2v) is 28.2. The Morgan fingerprint density at radius 2 is 1.06 bits per heavy atom. The maximum absolute atomic E-state index is 9.58. The van der Waals surface area contributed by atoms with Crippen LogP contribution in [0.3, 0.4) is 0 Å². The van der Waals surface area contributed by atoms with Crippen molar-refractivity contribution < 1.29 is 11.6 Å². The molecule has 1 aliphatic heterocycles. The fourth-order valence-corrected chi connectivity index (χ4v) is 12.6. The Balaban J connectivity index is 1.06. The molecule has 404 valence electrons. The van der Waals surface area contributed by atoms with Gasteiger partial charge < -0.3 is 14.5 Å². The lowest BCUT2D eigenvalue weighted by molar-refractivity contribution is 0.479. The topological polar surface area (TPSA) is 33.5 Å². The lowest BCUT2D eigenvalue weighted by atomic mass is 9.77. The van der Waals surface area contributed by atoms with Gasteiger partial charge in [0.05, 0.1) is 34.9 Å². The number of benzene rings is 8. The van der Waals surface area contributed by atoms with Crippen LogP contribution < -0.4 is 14.5 Å². The number of thiophene rings is 1. The minimum atomic E-state index is -0.423. The van der Waals surface area contributed by atoms with Crippen LogP contribution in [0.4, 0.5) is 22.7 Å². The van der Waals surface area contributed by atoms with Gasteiger partial charge in [0.25, 0.3) is 0 Å². The van der Waals surface area contributed by atoms with Gasteiger partial charge in [0.15, 0.2) is 0 Å². The molecule has 3 aromatic heterocycles. The number of para-hydroxylation sites is 2. The molecule has 80 heavy (non-hydrogen) atoms. The van der Waals surface area contributed by atoms with Gasteiger partial charge in [0.1, 0.15) is 24.0 Å². The van der Waals surface area contributed by atoms with Crippen LogP contribution in [0.5, 0.6) is 11.5 Å². The summed E-state index contributed by atoms with van der Waals surface area (Å²) < 4.78 is 57.9. The van der Waals surface area contributed by atoms with E-state index in [4.69, 9.17) is 13.8 Å². The van der Waals surface area contributed by atoms with Crippen molar-refractivity contribution in [1.82, 2.24) is 9.55 Å². The number of aromatic nitrogens is 2. The lowest BCUT2D eigenvalue weighted by Crippen LogP contribution is -2.26. The number of hydrogen-bond donors (Lipinski definition) is 0. The minimum Gasteiger partial charge on any atom is -0.457 e. The Morgan fingerprint density at radius 1 is 0.475 bits per heavy atom. The van der Waals surface area contributed by atoms with Gasteiger partial charge in [-0.25, -0.2) is 4.98 Å². The van der Waals surface area contributed by atoms with Crippen molar-refractivity contribution in [2.24, 2.45) is 0 Å². The molecule has 0 fully saturated rings. The molecule has 0 spiro atoms. The molecule has 0 radical (unpaired) electrons. The van der Waals surface area contributed by atoms with Gasteiger partial charge in [-0.15, -0.1) is 11.3 Å². The summed E-state index contributed by atoms with van der Waals surface area (Å²) in [5.74, 6) is 2.22. The molecule has 0 amide bonds. The highest BCUT2D eigenvalue weighted by atomic mass is 32.1. The summed E-state index contributed by atoms with van der Waals surface area (Å²) in [4.78, 5) is 9.67. The Labute approximate surface area is 485 Å². The van der Waals surface area contributed by atoms with E-state index in [0.717, 1.165) is 67.2 Å². The van der Waals surface area contributed by atoms with Gasteiger partial charge in [-0.3, -0.25) is 4.57 Å². The summed E-state index contributed by atoms with van der Waals surface area (Å²) in [7, 11) is 0. The van der Waals surface area contributed by atoms with Crippen LogP contribution in [-0.2, 0) is 27.1 Å². The Kier molecular flexibility index (Phi) is 11.2. The molecule has 11 aromatic rings. The quantitative estimate of drug-likeness (QED) is 0.159. The smallest absolute Gasteiger partial charge is 0.137 e. The van der Waals surface area contributed by atoms with Crippen molar-refractivity contribution >= 4 is 76.1 Å². The zero-order chi connectivity index (χ0) is 60.8. The number of nitrogens with zero attached hydrogens (tertiary/aromatic N) is 4. The van der Waals surface area contributed by atoms with E-state index in [1.807, 2.05) is 17.5 Å². The second kappa shape index (κ2) is 19.0. The molecule has 0 saturated heterocycles. The Hall–Kier alpha value is -7.67. The number of rotatable bonds is 7. The molecular formula is C74H76N4OS. The normalized spacial score (nSPS) is 14.5. The molecule has 0 saturated carbocycles. The molecule has 0 N–H and O–H groups in total. The standard InChI is InChI=1S/C74H76N4OS/c1-70(2,3)48-33-34-75-66(42-48)78-63-32-31-57-56-25-19-22-28-65(56)80-69(57)67(63)58-30-29-54(44-64(58)78)79-55-39-51(73(10,11)12)38-53(43-55)76-45-77(62-27-21-20-26-61(62)76)68-59(46-23-17-16-18-24-46)40-52(74(13,14)15)41-60(68)47-35-49(71(4,5)6)37-50(36-47)72(7,8)9/h16-44H,45H2,1-15H3/i16D,17D,18D,23D,24D. The van der Waals surface area contributed by atoms with Gasteiger partial charge in [-0.1, -0.05) is 189 Å². The minimum absolute atomic E-state index is 0.0911. The maximum atomic E-state index is 9.58. The van der Waals surface area contributed by atoms with E-state index in [1.165, 1.54) is 42.2 Å². The van der Waals surface area contributed by atoms with Crippen molar-refractivity contribution in [2.75, 3.05) is 16.5 Å². The van der Waals surface area contributed by atoms with Gasteiger partial charge in [0, 0.05) is 66.1 Å². The molecule has 12 rings (SSSR count). The highest BCUT2D eigenvalue weighted by molar-refractivity contribution is 7.26. The lowest BCUT2D eigenvalue weighted by Gasteiger charge is -2.32. The molecule has 4 heterocycles. The summed E-state index contributed by atoms with van der Waals surface area (Å²) in [6.45, 7) is 33.7. The fraction of sp³-hybridized carbons (Fsp3) is 0.284. The Bertz CT molecular complexity index is 4480. The van der Waals surface area contributed by atoms with Gasteiger partial charge in [0.2, 0.25) is 0 Å². The average Bonchev–Trinajstić information content (AvgIpc) is 1.91. The summed E-state index contributed by atoms with van der Waals surface area (Å²) in [6, 6.07) is 48.5. The molecule has 1 aliphatic rings. The second-order valence-electron chi connectivity index (χ2n) is 27.1. The van der Waals surface area contributed by atoms with Crippen LogP contribution in [0.25, 0.3) is 70.0 Å². The first-order valence-electron chi connectivity index (χ1n) is 30.6. The van der Waals surface area contributed by atoms with Gasteiger partial charge in [-0.2, -0.15) is 0 Å². The van der Waals surface area contributed by atoms with Crippen molar-refractivity contribution in [1.29, 1.82) is 0 Å². The highest BCUT2D eigenvalue weighted by Crippen LogP contribution is 2.53. The third-order valence-electron chi connectivity index (χ3n) is 16.1. The first kappa shape index (κ1) is 47.2. The van der Waals surface area contributed by atoms with Crippen molar-refractivity contribution in [3.63, 3.8) is 0 Å². The van der Waals surface area contributed by atoms with Gasteiger partial charge in [-0.05, 0) is 139 Å². The van der Waals surface area contributed by atoms with E-state index in [9.17, 15) is 2.74 Å². The molecule has 0 bridgehead atoms. The number of ether oxygens (including phenoxy) is 1. The predicted octanol–water partition coefficient (Wildman–Crippen LogP) is 21.4. The van der Waals surface area contributed by atoms with Gasteiger partial charge >= 0.3 is 0 Å². The van der Waals surface area contributed by atoms with E-state index in [2.05, 4.69) is 258 Å². The zero-order valence-corrected chi connectivity index (χ0v) is 50.0. The van der Waals surface area contributed by atoms with E-state index in [0.29, 0.717) is 23.7 Å². The number of hydrogen-bond acceptors (Lipinski definition) is 5. The van der Waals surface area contributed by atoms with Crippen molar-refractivity contribution in [3.05, 3.63) is 204 Å². The third kappa shape index (κ3) is 9.53. The first-order valence-corrected chi connectivity index (χ1v) is 28.9. The maximum Gasteiger partial charge on any atom is 0.137 e. The van der Waals surface area contributed by atoms with E-state index < -0.39 is 6.04 Å². The molecule has 0 unspecified atom stereocenters. The number of pyridine rings is 1. The predicted molar refractivity (Wildman–Crippen MR) is 344 cm³/mol. The SMILES string of the molecule is [2H]c1c([2H])c([2H])c(-c2cc(C(C)(C)C)cc(-c3cc(C(C)(C)C)cc(C(C)(C)C)c3)c2N2CN(c3cc(Oc4ccc5c6c7sc8ccccc8c7ccc6n(-c6cc(C(C)(C)C)ccn6)c5c4)cc(C(C)(C)C)c3)c3ccccc32)c([2H])c1[2H]. The molecular weight excluding hydrogens is 993 g/mol. The van der Waals surface area contributed by atoms with E-state index in [1.54, 1.807) is 0 Å². The van der Waals surface area contributed by atoms with E-state index in [-0.39, 0.29) is 56.8 Å². The van der Waals surface area contributed by atoms with E-state index >= 15 is 0 Å². The summed E-state index contributed by atoms with van der Waals surface area (Å²) in [5.41, 5.74) is 12.8. The largest absolute Gasteiger partial charge is 0.457 e. The summed E-state index contributed by atoms with van der Waals surface area (Å²) in [5, 5.41) is 4.81. The molecule has 5 nitrogen and oxygen atoms in total. The highest BCUT2D eigenvalue weighted by Gasteiger charge is 2.35. The fourth-order valence-electron chi connectivity index (χ4n) is 11.4. The molecule has 0 aliphatic carbocycles. The third-order valence-corrected chi connectivity index (χ3v) is 17.3. The monoisotopic (exact) mass is 1070 g/mol. The summed E-state index contributed by atoms with van der Waals surface area (Å²) in [6.07, 6.45) is 1.93.